The number of carboxylic acid groups (broad SMARTS) is 1. The van der Waals surface area contributed by atoms with Gasteiger partial charge in [0.2, 0.25) is 5.91 Å². The summed E-state index contributed by atoms with van der Waals surface area (Å²) in [5, 5.41) is 20.3. The fraction of sp³-hybridized carbons (Fsp3) is 0.333. The highest BCUT2D eigenvalue weighted by atomic mass is 16.5. The van der Waals surface area contributed by atoms with Gasteiger partial charge in [-0.25, -0.2) is 4.79 Å². The van der Waals surface area contributed by atoms with Crippen molar-refractivity contribution in [3.05, 3.63) is 29.8 Å². The fourth-order valence-electron chi connectivity index (χ4n) is 1.39. The van der Waals surface area contributed by atoms with Gasteiger partial charge in [-0.1, -0.05) is 12.1 Å². The molecule has 1 atom stereocenters. The number of amides is 1. The number of aromatic hydroxyl groups is 1. The molecule has 0 spiro atoms. The van der Waals surface area contributed by atoms with Crippen molar-refractivity contribution in [2.24, 2.45) is 0 Å². The number of aliphatic carboxylic acids is 1. The molecule has 0 saturated carbocycles. The van der Waals surface area contributed by atoms with Crippen LogP contribution in [0, 0.1) is 0 Å². The summed E-state index contributed by atoms with van der Waals surface area (Å²) >= 11 is 0. The molecule has 0 aliphatic rings. The van der Waals surface area contributed by atoms with Gasteiger partial charge in [0.15, 0.2) is 6.04 Å². The first-order chi connectivity index (χ1) is 8.52. The SMILES string of the molecule is COCC(NC(=O)Cc1ccc(O)cc1)C(=O)O. The molecule has 0 bridgehead atoms. The van der Waals surface area contributed by atoms with E-state index in [-0.39, 0.29) is 18.8 Å². The molecule has 0 aliphatic heterocycles. The lowest BCUT2D eigenvalue weighted by molar-refractivity contribution is -0.143. The van der Waals surface area contributed by atoms with E-state index in [1.165, 1.54) is 19.2 Å². The second-order valence-corrected chi connectivity index (χ2v) is 3.76. The molecule has 0 aliphatic carbocycles. The second kappa shape index (κ2) is 6.61. The molecular weight excluding hydrogens is 238 g/mol. The van der Waals surface area contributed by atoms with Crippen LogP contribution in [0.5, 0.6) is 5.75 Å². The summed E-state index contributed by atoms with van der Waals surface area (Å²) in [6.45, 7) is -0.0867. The fourth-order valence-corrected chi connectivity index (χ4v) is 1.39. The molecule has 0 radical (unpaired) electrons. The third-order valence-corrected chi connectivity index (χ3v) is 2.27. The van der Waals surface area contributed by atoms with E-state index in [1.807, 2.05) is 0 Å². The molecule has 0 fully saturated rings. The van der Waals surface area contributed by atoms with Crippen molar-refractivity contribution in [3.8, 4) is 5.75 Å². The van der Waals surface area contributed by atoms with Gasteiger partial charge in [-0.05, 0) is 17.7 Å². The average Bonchev–Trinajstić information content (AvgIpc) is 2.31. The Labute approximate surface area is 104 Å². The summed E-state index contributed by atoms with van der Waals surface area (Å²) in [4.78, 5) is 22.4. The summed E-state index contributed by atoms with van der Waals surface area (Å²) in [7, 11) is 1.36. The van der Waals surface area contributed by atoms with E-state index in [0.717, 1.165) is 0 Å². The number of rotatable bonds is 6. The number of hydrogen-bond acceptors (Lipinski definition) is 4. The Morgan fingerprint density at radius 3 is 2.44 bits per heavy atom. The lowest BCUT2D eigenvalue weighted by atomic mass is 10.1. The van der Waals surface area contributed by atoms with Gasteiger partial charge in [-0.3, -0.25) is 4.79 Å². The molecule has 1 aromatic rings. The van der Waals surface area contributed by atoms with Crippen LogP contribution >= 0.6 is 0 Å². The Hall–Kier alpha value is -2.08. The van der Waals surface area contributed by atoms with Crippen molar-refractivity contribution in [2.75, 3.05) is 13.7 Å². The first kappa shape index (κ1) is 14.0. The molecule has 0 heterocycles. The van der Waals surface area contributed by atoms with E-state index in [0.29, 0.717) is 5.56 Å². The lowest BCUT2D eigenvalue weighted by Gasteiger charge is -2.13. The van der Waals surface area contributed by atoms with Crippen LogP contribution in [0.25, 0.3) is 0 Å². The molecule has 98 valence electrons. The van der Waals surface area contributed by atoms with Crippen LogP contribution < -0.4 is 5.32 Å². The molecule has 1 unspecified atom stereocenters. The standard InChI is InChI=1S/C12H15NO5/c1-18-7-10(12(16)17)13-11(15)6-8-2-4-9(14)5-3-8/h2-5,10,14H,6-7H2,1H3,(H,13,15)(H,16,17). The van der Waals surface area contributed by atoms with Crippen LogP contribution in [-0.4, -0.2) is 41.8 Å². The minimum absolute atomic E-state index is 0.0494. The maximum Gasteiger partial charge on any atom is 0.328 e. The highest BCUT2D eigenvalue weighted by molar-refractivity contribution is 5.84. The Morgan fingerprint density at radius 2 is 1.94 bits per heavy atom. The van der Waals surface area contributed by atoms with Crippen LogP contribution in [0.15, 0.2) is 24.3 Å². The van der Waals surface area contributed by atoms with Gasteiger partial charge in [-0.15, -0.1) is 0 Å². The number of benzene rings is 1. The van der Waals surface area contributed by atoms with E-state index < -0.39 is 17.9 Å². The largest absolute Gasteiger partial charge is 0.508 e. The van der Waals surface area contributed by atoms with Crippen LogP contribution in [0.3, 0.4) is 0 Å². The summed E-state index contributed by atoms with van der Waals surface area (Å²) in [6, 6.07) is 5.07. The summed E-state index contributed by atoms with van der Waals surface area (Å²) < 4.78 is 4.70. The predicted molar refractivity (Wildman–Crippen MR) is 63.3 cm³/mol. The number of nitrogens with one attached hydrogen (secondary N) is 1. The van der Waals surface area contributed by atoms with Crippen molar-refractivity contribution in [1.29, 1.82) is 0 Å². The first-order valence-corrected chi connectivity index (χ1v) is 5.32. The number of hydrogen-bond donors (Lipinski definition) is 3. The smallest absolute Gasteiger partial charge is 0.328 e. The number of ether oxygens (including phenoxy) is 1. The van der Waals surface area contributed by atoms with Gasteiger partial charge in [0.05, 0.1) is 13.0 Å². The minimum atomic E-state index is -1.14. The molecule has 6 nitrogen and oxygen atoms in total. The number of methoxy groups -OCH3 is 1. The molecule has 18 heavy (non-hydrogen) atoms. The molecule has 1 amide bonds. The van der Waals surface area contributed by atoms with Gasteiger partial charge >= 0.3 is 5.97 Å². The van der Waals surface area contributed by atoms with Crippen molar-refractivity contribution in [1.82, 2.24) is 5.32 Å². The number of carbonyl (C=O) groups is 2. The molecule has 6 heteroatoms. The Bertz CT molecular complexity index is 415. The van der Waals surface area contributed by atoms with E-state index in [9.17, 15) is 9.59 Å². The van der Waals surface area contributed by atoms with E-state index >= 15 is 0 Å². The van der Waals surface area contributed by atoms with Crippen molar-refractivity contribution >= 4 is 11.9 Å². The zero-order chi connectivity index (χ0) is 13.5. The van der Waals surface area contributed by atoms with Crippen molar-refractivity contribution in [3.63, 3.8) is 0 Å². The normalized spacial score (nSPS) is 11.8. The maximum atomic E-state index is 11.6. The number of phenols is 1. The van der Waals surface area contributed by atoms with Gasteiger partial charge in [0, 0.05) is 7.11 Å². The summed E-state index contributed by atoms with van der Waals surface area (Å²) in [6.07, 6.45) is 0.0494. The zero-order valence-corrected chi connectivity index (χ0v) is 9.92. The lowest BCUT2D eigenvalue weighted by Crippen LogP contribution is -2.44. The maximum absolute atomic E-state index is 11.6. The van der Waals surface area contributed by atoms with Crippen molar-refractivity contribution in [2.45, 2.75) is 12.5 Å². The number of phenolic OH excluding ortho intramolecular Hbond substituents is 1. The van der Waals surface area contributed by atoms with E-state index in [4.69, 9.17) is 14.9 Å². The number of carbonyl (C=O) groups excluding carboxylic acids is 1. The topological polar surface area (TPSA) is 95.9 Å². The van der Waals surface area contributed by atoms with Gasteiger partial charge in [-0.2, -0.15) is 0 Å². The van der Waals surface area contributed by atoms with Crippen LogP contribution in [0.1, 0.15) is 5.56 Å². The van der Waals surface area contributed by atoms with Gasteiger partial charge < -0.3 is 20.3 Å². The molecule has 1 aromatic carbocycles. The highest BCUT2D eigenvalue weighted by Gasteiger charge is 2.19. The zero-order valence-electron chi connectivity index (χ0n) is 9.92. The Morgan fingerprint density at radius 1 is 1.33 bits per heavy atom. The molecule has 0 saturated heterocycles. The third-order valence-electron chi connectivity index (χ3n) is 2.27. The number of carboxylic acids is 1. The van der Waals surface area contributed by atoms with Crippen LogP contribution in [0.2, 0.25) is 0 Å². The minimum Gasteiger partial charge on any atom is -0.508 e. The first-order valence-electron chi connectivity index (χ1n) is 5.32. The molecule has 1 rings (SSSR count). The Balaban J connectivity index is 2.54. The monoisotopic (exact) mass is 253 g/mol. The second-order valence-electron chi connectivity index (χ2n) is 3.76. The third kappa shape index (κ3) is 4.42. The van der Waals surface area contributed by atoms with Crippen molar-refractivity contribution < 1.29 is 24.5 Å². The van der Waals surface area contributed by atoms with Gasteiger partial charge in [0.25, 0.3) is 0 Å². The predicted octanol–water partition coefficient (Wildman–Crippen LogP) is 0.150. The van der Waals surface area contributed by atoms with Crippen LogP contribution in [-0.2, 0) is 20.7 Å². The van der Waals surface area contributed by atoms with E-state index in [2.05, 4.69) is 5.32 Å². The van der Waals surface area contributed by atoms with Crippen LogP contribution in [0.4, 0.5) is 0 Å². The summed E-state index contributed by atoms with van der Waals surface area (Å²) in [5.74, 6) is -1.44. The highest BCUT2D eigenvalue weighted by Crippen LogP contribution is 2.09. The quantitative estimate of drug-likeness (QED) is 0.670. The Kier molecular flexibility index (Phi) is 5.13. The average molecular weight is 253 g/mol. The molecule has 3 N–H and O–H groups in total. The van der Waals surface area contributed by atoms with Gasteiger partial charge in [0.1, 0.15) is 5.75 Å². The molecule has 0 aromatic heterocycles. The summed E-state index contributed by atoms with van der Waals surface area (Å²) in [5.41, 5.74) is 0.687. The molecular formula is C12H15NO5. The van der Waals surface area contributed by atoms with E-state index in [1.54, 1.807) is 12.1 Å².